The van der Waals surface area contributed by atoms with Crippen LogP contribution in [0.3, 0.4) is 0 Å². The van der Waals surface area contributed by atoms with Crippen LogP contribution in [0.1, 0.15) is 21.5 Å². The molecule has 3 aromatic rings. The minimum Gasteiger partial charge on any atom is -0.493 e. The van der Waals surface area contributed by atoms with Crippen molar-refractivity contribution in [3.63, 3.8) is 0 Å². The van der Waals surface area contributed by atoms with E-state index in [4.69, 9.17) is 23.7 Å². The van der Waals surface area contributed by atoms with Crippen LogP contribution in [-0.4, -0.2) is 27.1 Å². The standard InChI is InChI=1S/C25H17F5O6/c1-32-15-7-4-11(24(33-2)25(15)34-3)8-17-23(31)13-6-5-12(9-16(13)36-17)35-10-14-18(26)20(28)22(30)21(29)19(14)27/h4-9H,10H2,1-3H3/b17-8-. The monoisotopic (exact) mass is 508 g/mol. The third-order valence-electron chi connectivity index (χ3n) is 5.35. The van der Waals surface area contributed by atoms with Crippen LogP contribution >= 0.6 is 0 Å². The summed E-state index contributed by atoms with van der Waals surface area (Å²) < 4.78 is 94.6. The zero-order chi connectivity index (χ0) is 26.1. The van der Waals surface area contributed by atoms with Crippen molar-refractivity contribution >= 4 is 11.9 Å². The number of methoxy groups -OCH3 is 3. The molecular formula is C25H17F5O6. The van der Waals surface area contributed by atoms with Crippen LogP contribution in [0.15, 0.2) is 36.1 Å². The van der Waals surface area contributed by atoms with Gasteiger partial charge in [-0.1, -0.05) is 0 Å². The molecular weight excluding hydrogens is 491 g/mol. The highest BCUT2D eigenvalue weighted by atomic mass is 19.2. The minimum absolute atomic E-state index is 0.0320. The Hall–Kier alpha value is -4.28. The topological polar surface area (TPSA) is 63.2 Å². The second kappa shape index (κ2) is 9.76. The van der Waals surface area contributed by atoms with Crippen molar-refractivity contribution in [1.82, 2.24) is 0 Å². The maximum Gasteiger partial charge on any atom is 0.231 e. The van der Waals surface area contributed by atoms with Crippen molar-refractivity contribution < 1.29 is 50.4 Å². The fourth-order valence-corrected chi connectivity index (χ4v) is 3.57. The number of Topliss-reactive ketones (excluding diaryl/α,β-unsaturated/α-hetero) is 1. The maximum absolute atomic E-state index is 13.9. The van der Waals surface area contributed by atoms with Gasteiger partial charge in [0.2, 0.25) is 17.3 Å². The van der Waals surface area contributed by atoms with E-state index >= 15 is 0 Å². The molecule has 0 radical (unpaired) electrons. The van der Waals surface area contributed by atoms with Gasteiger partial charge in [-0.2, -0.15) is 0 Å². The molecule has 0 aliphatic carbocycles. The van der Waals surface area contributed by atoms with Crippen molar-refractivity contribution in [3.8, 4) is 28.7 Å². The Balaban J connectivity index is 1.60. The van der Waals surface area contributed by atoms with E-state index < -0.39 is 47.0 Å². The lowest BCUT2D eigenvalue weighted by atomic mass is 10.1. The van der Waals surface area contributed by atoms with Crippen LogP contribution in [0.2, 0.25) is 0 Å². The van der Waals surface area contributed by atoms with Gasteiger partial charge < -0.3 is 23.7 Å². The van der Waals surface area contributed by atoms with Gasteiger partial charge in [-0.3, -0.25) is 4.79 Å². The summed E-state index contributed by atoms with van der Waals surface area (Å²) in [4.78, 5) is 12.8. The number of halogens is 5. The van der Waals surface area contributed by atoms with Gasteiger partial charge in [-0.15, -0.1) is 0 Å². The molecule has 1 aliphatic heterocycles. The lowest BCUT2D eigenvalue weighted by Crippen LogP contribution is -2.09. The zero-order valence-corrected chi connectivity index (χ0v) is 19.0. The Morgan fingerprint density at radius 3 is 2.06 bits per heavy atom. The first-order valence-corrected chi connectivity index (χ1v) is 10.2. The molecule has 188 valence electrons. The van der Waals surface area contributed by atoms with Crippen molar-refractivity contribution in [2.75, 3.05) is 21.3 Å². The molecule has 0 spiro atoms. The van der Waals surface area contributed by atoms with Gasteiger partial charge in [0.25, 0.3) is 0 Å². The van der Waals surface area contributed by atoms with Crippen molar-refractivity contribution in [2.24, 2.45) is 0 Å². The molecule has 0 atom stereocenters. The molecule has 4 rings (SSSR count). The van der Waals surface area contributed by atoms with Gasteiger partial charge in [-0.25, -0.2) is 22.0 Å². The molecule has 1 aliphatic rings. The summed E-state index contributed by atoms with van der Waals surface area (Å²) in [5.74, 6) is -9.87. The van der Waals surface area contributed by atoms with Gasteiger partial charge in [0.15, 0.2) is 40.5 Å². The highest BCUT2D eigenvalue weighted by molar-refractivity contribution is 6.14. The van der Waals surface area contributed by atoms with Gasteiger partial charge in [0.1, 0.15) is 18.1 Å². The summed E-state index contributed by atoms with van der Waals surface area (Å²) in [6.07, 6.45) is 1.43. The molecule has 0 amide bonds. The SMILES string of the molecule is COc1ccc(/C=C2\Oc3cc(OCc4c(F)c(F)c(F)c(F)c4F)ccc3C2=O)c(OC)c1OC. The van der Waals surface area contributed by atoms with Gasteiger partial charge in [0, 0.05) is 11.6 Å². The van der Waals surface area contributed by atoms with E-state index in [2.05, 4.69) is 0 Å². The number of rotatable bonds is 7. The average molecular weight is 508 g/mol. The van der Waals surface area contributed by atoms with E-state index in [0.717, 1.165) is 0 Å². The van der Waals surface area contributed by atoms with E-state index in [1.54, 1.807) is 12.1 Å². The minimum atomic E-state index is -2.26. The van der Waals surface area contributed by atoms with Crippen LogP contribution in [0.25, 0.3) is 6.08 Å². The molecule has 1 heterocycles. The molecule has 0 aromatic heterocycles. The number of ketones is 1. The summed E-state index contributed by atoms with van der Waals surface area (Å²) in [5.41, 5.74) is -0.511. The zero-order valence-electron chi connectivity index (χ0n) is 19.0. The second-order valence-corrected chi connectivity index (χ2v) is 7.36. The molecule has 0 fully saturated rings. The Morgan fingerprint density at radius 2 is 1.44 bits per heavy atom. The third-order valence-corrected chi connectivity index (χ3v) is 5.35. The van der Waals surface area contributed by atoms with Crippen LogP contribution in [-0.2, 0) is 6.61 Å². The average Bonchev–Trinajstić information content (AvgIpc) is 3.19. The van der Waals surface area contributed by atoms with Crippen LogP contribution in [0.4, 0.5) is 22.0 Å². The highest BCUT2D eigenvalue weighted by Crippen LogP contribution is 2.42. The summed E-state index contributed by atoms with van der Waals surface area (Å²) >= 11 is 0. The number of carbonyl (C=O) groups excluding carboxylic acids is 1. The van der Waals surface area contributed by atoms with Crippen molar-refractivity contribution in [2.45, 2.75) is 6.61 Å². The van der Waals surface area contributed by atoms with E-state index in [9.17, 15) is 26.7 Å². The van der Waals surface area contributed by atoms with Crippen LogP contribution < -0.4 is 23.7 Å². The quantitative estimate of drug-likeness (QED) is 0.179. The predicted octanol–water partition coefficient (Wildman–Crippen LogP) is 5.60. The molecule has 0 saturated heterocycles. The maximum atomic E-state index is 13.9. The number of allylic oxidation sites excluding steroid dienone is 1. The smallest absolute Gasteiger partial charge is 0.231 e. The van der Waals surface area contributed by atoms with E-state index in [1.165, 1.54) is 45.6 Å². The van der Waals surface area contributed by atoms with Gasteiger partial charge in [0.05, 0.1) is 32.5 Å². The van der Waals surface area contributed by atoms with Crippen LogP contribution in [0.5, 0.6) is 28.7 Å². The Bertz CT molecular complexity index is 1370. The third kappa shape index (κ3) is 4.16. The number of hydrogen-bond donors (Lipinski definition) is 0. The summed E-state index contributed by atoms with van der Waals surface area (Å²) in [6, 6.07) is 7.15. The van der Waals surface area contributed by atoms with Gasteiger partial charge >= 0.3 is 0 Å². The second-order valence-electron chi connectivity index (χ2n) is 7.36. The summed E-state index contributed by atoms with van der Waals surface area (Å²) in [7, 11) is 4.30. The van der Waals surface area contributed by atoms with E-state index in [0.29, 0.717) is 22.8 Å². The Morgan fingerprint density at radius 1 is 0.806 bits per heavy atom. The van der Waals surface area contributed by atoms with E-state index in [1.807, 2.05) is 0 Å². The fourth-order valence-electron chi connectivity index (χ4n) is 3.57. The molecule has 0 unspecified atom stereocenters. The number of hydrogen-bond acceptors (Lipinski definition) is 6. The molecule has 0 N–H and O–H groups in total. The number of carbonyl (C=O) groups is 1. The lowest BCUT2D eigenvalue weighted by Gasteiger charge is -2.14. The first kappa shape index (κ1) is 24.8. The fraction of sp³-hybridized carbons (Fsp3) is 0.160. The number of ether oxygens (including phenoxy) is 5. The summed E-state index contributed by atoms with van der Waals surface area (Å²) in [5, 5.41) is 0. The Labute approximate surface area is 201 Å². The van der Waals surface area contributed by atoms with Crippen LogP contribution in [0, 0.1) is 29.1 Å². The lowest BCUT2D eigenvalue weighted by molar-refractivity contribution is 0.101. The summed E-state index contributed by atoms with van der Waals surface area (Å²) in [6.45, 7) is -0.954. The molecule has 0 bridgehead atoms. The molecule has 6 nitrogen and oxygen atoms in total. The molecule has 11 heteroatoms. The number of fused-ring (bicyclic) bond motifs is 1. The van der Waals surface area contributed by atoms with Gasteiger partial charge in [-0.05, 0) is 30.3 Å². The van der Waals surface area contributed by atoms with Crippen molar-refractivity contribution in [1.29, 1.82) is 0 Å². The first-order chi connectivity index (χ1) is 17.2. The molecule has 3 aromatic carbocycles. The predicted molar refractivity (Wildman–Crippen MR) is 116 cm³/mol. The normalized spacial score (nSPS) is 13.4. The highest BCUT2D eigenvalue weighted by Gasteiger charge is 2.30. The molecule has 0 saturated carbocycles. The van der Waals surface area contributed by atoms with Crippen molar-refractivity contribution in [3.05, 3.63) is 81.9 Å². The number of benzene rings is 3. The largest absolute Gasteiger partial charge is 0.493 e. The first-order valence-electron chi connectivity index (χ1n) is 10.2. The van der Waals surface area contributed by atoms with E-state index in [-0.39, 0.29) is 22.8 Å². The molecule has 36 heavy (non-hydrogen) atoms. The Kier molecular flexibility index (Phi) is 6.73.